The number of nitrogens with two attached hydrogens (primary N) is 1. The van der Waals surface area contributed by atoms with Crippen molar-refractivity contribution < 1.29 is 8.42 Å². The second-order valence-corrected chi connectivity index (χ2v) is 6.74. The molecule has 6 nitrogen and oxygen atoms in total. The highest BCUT2D eigenvalue weighted by molar-refractivity contribution is 7.89. The van der Waals surface area contributed by atoms with Gasteiger partial charge in [-0.05, 0) is 63.2 Å². The number of rotatable bonds is 7. The second kappa shape index (κ2) is 7.03. The van der Waals surface area contributed by atoms with Crippen molar-refractivity contribution in [3.63, 3.8) is 0 Å². The second-order valence-electron chi connectivity index (χ2n) is 4.97. The van der Waals surface area contributed by atoms with E-state index in [1.807, 2.05) is 0 Å². The number of likely N-dealkylation sites (tertiary alicyclic amines) is 1. The molecule has 0 aliphatic carbocycles. The molecule has 1 aromatic rings. The summed E-state index contributed by atoms with van der Waals surface area (Å²) < 4.78 is 26.7. The first-order chi connectivity index (χ1) is 9.62. The van der Waals surface area contributed by atoms with E-state index >= 15 is 0 Å². The van der Waals surface area contributed by atoms with Gasteiger partial charge in [0.1, 0.15) is 0 Å². The zero-order valence-corrected chi connectivity index (χ0v) is 12.3. The van der Waals surface area contributed by atoms with Gasteiger partial charge in [0.2, 0.25) is 10.0 Å². The quantitative estimate of drug-likeness (QED) is 0.392. The predicted octanol–water partition coefficient (Wildman–Crippen LogP) is 0.736. The number of anilines is 1. The van der Waals surface area contributed by atoms with Gasteiger partial charge in [-0.3, -0.25) is 5.84 Å². The summed E-state index contributed by atoms with van der Waals surface area (Å²) in [7, 11) is -3.42. The molecule has 7 heteroatoms. The van der Waals surface area contributed by atoms with E-state index in [-0.39, 0.29) is 4.90 Å². The van der Waals surface area contributed by atoms with E-state index in [1.54, 1.807) is 12.1 Å². The lowest BCUT2D eigenvalue weighted by atomic mass is 10.3. The van der Waals surface area contributed by atoms with Crippen molar-refractivity contribution in [3.8, 4) is 0 Å². The number of nitrogens with one attached hydrogen (secondary N) is 2. The largest absolute Gasteiger partial charge is 0.324 e. The van der Waals surface area contributed by atoms with Gasteiger partial charge >= 0.3 is 0 Å². The first kappa shape index (κ1) is 15.2. The zero-order chi connectivity index (χ0) is 14.4. The van der Waals surface area contributed by atoms with Crippen LogP contribution in [0, 0.1) is 0 Å². The van der Waals surface area contributed by atoms with Crippen LogP contribution in [0.3, 0.4) is 0 Å². The van der Waals surface area contributed by atoms with Crippen LogP contribution in [0.1, 0.15) is 19.3 Å². The van der Waals surface area contributed by atoms with Gasteiger partial charge in [-0.1, -0.05) is 0 Å². The van der Waals surface area contributed by atoms with E-state index in [9.17, 15) is 8.42 Å². The minimum Gasteiger partial charge on any atom is -0.324 e. The van der Waals surface area contributed by atoms with Crippen LogP contribution >= 0.6 is 0 Å². The number of nitrogen functional groups attached to an aromatic ring is 1. The molecular weight excluding hydrogens is 276 g/mol. The van der Waals surface area contributed by atoms with Gasteiger partial charge in [0.05, 0.1) is 4.90 Å². The van der Waals surface area contributed by atoms with Gasteiger partial charge in [0.15, 0.2) is 0 Å². The molecule has 1 saturated heterocycles. The maximum atomic E-state index is 12.1. The molecule has 1 fully saturated rings. The highest BCUT2D eigenvalue weighted by atomic mass is 32.2. The molecule has 1 aromatic carbocycles. The van der Waals surface area contributed by atoms with E-state index in [2.05, 4.69) is 15.0 Å². The summed E-state index contributed by atoms with van der Waals surface area (Å²) in [6.45, 7) is 3.70. The minimum absolute atomic E-state index is 0.262. The third kappa shape index (κ3) is 4.17. The monoisotopic (exact) mass is 298 g/mol. The highest BCUT2D eigenvalue weighted by Crippen LogP contribution is 2.13. The normalized spacial score (nSPS) is 16.4. The van der Waals surface area contributed by atoms with Gasteiger partial charge in [-0.15, -0.1) is 0 Å². The molecule has 1 aliphatic rings. The fourth-order valence-electron chi connectivity index (χ4n) is 2.33. The van der Waals surface area contributed by atoms with Crippen LogP contribution in [0.2, 0.25) is 0 Å². The summed E-state index contributed by atoms with van der Waals surface area (Å²) in [5.41, 5.74) is 3.15. The number of hydrogen-bond donors (Lipinski definition) is 3. The molecular formula is C13H22N4O2S. The summed E-state index contributed by atoms with van der Waals surface area (Å²) in [4.78, 5) is 2.63. The van der Waals surface area contributed by atoms with Crippen molar-refractivity contribution in [1.82, 2.24) is 9.62 Å². The number of sulfonamides is 1. The van der Waals surface area contributed by atoms with Crippen molar-refractivity contribution in [3.05, 3.63) is 24.3 Å². The Balaban J connectivity index is 1.80. The minimum atomic E-state index is -3.42. The number of hydrogen-bond acceptors (Lipinski definition) is 5. The number of benzene rings is 1. The Hall–Kier alpha value is -1.15. The molecule has 0 atom stereocenters. The summed E-state index contributed by atoms with van der Waals surface area (Å²) in [5, 5.41) is 0. The Kier molecular flexibility index (Phi) is 5.36. The Labute approximate surface area is 120 Å². The number of hydrazine groups is 1. The predicted molar refractivity (Wildman–Crippen MR) is 79.7 cm³/mol. The summed E-state index contributed by atoms with van der Waals surface area (Å²) >= 11 is 0. The van der Waals surface area contributed by atoms with Crippen LogP contribution in [-0.2, 0) is 10.0 Å². The van der Waals surface area contributed by atoms with E-state index < -0.39 is 10.0 Å². The van der Waals surface area contributed by atoms with Crippen LogP contribution in [0.4, 0.5) is 5.69 Å². The first-order valence-electron chi connectivity index (χ1n) is 6.90. The van der Waals surface area contributed by atoms with Crippen LogP contribution < -0.4 is 16.0 Å². The summed E-state index contributed by atoms with van der Waals surface area (Å²) in [6.07, 6.45) is 3.35. The van der Waals surface area contributed by atoms with E-state index in [0.717, 1.165) is 26.1 Å². The Morgan fingerprint density at radius 3 is 2.40 bits per heavy atom. The molecule has 0 saturated carbocycles. The molecule has 0 unspecified atom stereocenters. The van der Waals surface area contributed by atoms with Crippen LogP contribution in [0.15, 0.2) is 29.2 Å². The lowest BCUT2D eigenvalue weighted by Gasteiger charge is -2.14. The Morgan fingerprint density at radius 1 is 1.15 bits per heavy atom. The lowest BCUT2D eigenvalue weighted by Crippen LogP contribution is -2.28. The molecule has 0 aromatic heterocycles. The molecule has 0 spiro atoms. The van der Waals surface area contributed by atoms with Crippen LogP contribution in [0.5, 0.6) is 0 Å². The summed E-state index contributed by atoms with van der Waals surface area (Å²) in [6, 6.07) is 6.35. The smallest absolute Gasteiger partial charge is 0.240 e. The Bertz CT molecular complexity index is 510. The molecule has 2 rings (SSSR count). The SMILES string of the molecule is NNc1ccc(S(=O)(=O)NCCCN2CCCC2)cc1. The first-order valence-corrected chi connectivity index (χ1v) is 8.39. The molecule has 0 radical (unpaired) electrons. The van der Waals surface area contributed by atoms with Gasteiger partial charge in [-0.2, -0.15) is 0 Å². The fourth-order valence-corrected chi connectivity index (χ4v) is 3.40. The highest BCUT2D eigenvalue weighted by Gasteiger charge is 2.14. The average Bonchev–Trinajstić information content (AvgIpc) is 2.97. The molecule has 112 valence electrons. The molecule has 20 heavy (non-hydrogen) atoms. The topological polar surface area (TPSA) is 87.5 Å². The third-order valence-electron chi connectivity index (χ3n) is 3.47. The van der Waals surface area contributed by atoms with Crippen molar-refractivity contribution in [2.45, 2.75) is 24.2 Å². The van der Waals surface area contributed by atoms with Crippen LogP contribution in [-0.4, -0.2) is 39.5 Å². The van der Waals surface area contributed by atoms with E-state index in [4.69, 9.17) is 5.84 Å². The van der Waals surface area contributed by atoms with Crippen molar-refractivity contribution in [1.29, 1.82) is 0 Å². The van der Waals surface area contributed by atoms with Gasteiger partial charge in [0.25, 0.3) is 0 Å². The maximum absolute atomic E-state index is 12.1. The van der Waals surface area contributed by atoms with Gasteiger partial charge < -0.3 is 10.3 Å². The van der Waals surface area contributed by atoms with E-state index in [0.29, 0.717) is 12.2 Å². The van der Waals surface area contributed by atoms with Crippen molar-refractivity contribution in [2.75, 3.05) is 31.6 Å². The molecule has 0 bridgehead atoms. The molecule has 0 amide bonds. The Morgan fingerprint density at radius 2 is 1.80 bits per heavy atom. The third-order valence-corrected chi connectivity index (χ3v) is 4.95. The average molecular weight is 298 g/mol. The van der Waals surface area contributed by atoms with Gasteiger partial charge in [0, 0.05) is 12.2 Å². The maximum Gasteiger partial charge on any atom is 0.240 e. The van der Waals surface area contributed by atoms with Crippen LogP contribution in [0.25, 0.3) is 0 Å². The summed E-state index contributed by atoms with van der Waals surface area (Å²) in [5.74, 6) is 5.25. The fraction of sp³-hybridized carbons (Fsp3) is 0.538. The molecule has 1 heterocycles. The molecule has 1 aliphatic heterocycles. The lowest BCUT2D eigenvalue weighted by molar-refractivity contribution is 0.334. The van der Waals surface area contributed by atoms with Crippen molar-refractivity contribution >= 4 is 15.7 Å². The molecule has 4 N–H and O–H groups in total. The van der Waals surface area contributed by atoms with Crippen molar-refractivity contribution in [2.24, 2.45) is 5.84 Å². The zero-order valence-electron chi connectivity index (χ0n) is 11.5. The van der Waals surface area contributed by atoms with Gasteiger partial charge in [-0.25, -0.2) is 13.1 Å². The standard InChI is InChI=1S/C13H22N4O2S/c14-16-12-4-6-13(7-5-12)20(18,19)15-8-3-11-17-9-1-2-10-17/h4-7,15-16H,1-3,8-11,14H2. The number of nitrogens with zero attached hydrogens (tertiary/aromatic N) is 1. The van der Waals surface area contributed by atoms with E-state index in [1.165, 1.54) is 25.0 Å².